The summed E-state index contributed by atoms with van der Waals surface area (Å²) in [4.78, 5) is 29.8. The normalized spacial score (nSPS) is 19.4. The van der Waals surface area contributed by atoms with Gasteiger partial charge in [-0.2, -0.15) is 0 Å². The Kier molecular flexibility index (Phi) is 4.02. The summed E-state index contributed by atoms with van der Waals surface area (Å²) in [6.07, 6.45) is 1.81. The Morgan fingerprint density at radius 1 is 0.800 bits per heavy atom. The Labute approximate surface area is 212 Å². The number of ketones is 2. The van der Waals surface area contributed by atoms with E-state index in [1.165, 1.54) is 45.0 Å². The molecule has 0 fully saturated rings. The Bertz CT molecular complexity index is 1610. The highest BCUT2D eigenvalue weighted by Gasteiger charge is 2.46. The molecule has 4 heterocycles. The predicted octanol–water partition coefficient (Wildman–Crippen LogP) is 8.02. The molecule has 0 amide bonds. The number of carbonyl (C=O) groups excluding carboxylic acids is 2. The summed E-state index contributed by atoms with van der Waals surface area (Å²) in [5.74, 6) is -0.311. The average molecular weight is 494 g/mol. The lowest BCUT2D eigenvalue weighted by atomic mass is 9.67. The number of fused-ring (bicyclic) bond motifs is 5. The lowest BCUT2D eigenvalue weighted by molar-refractivity contribution is 0.0991. The highest BCUT2D eigenvalue weighted by molar-refractivity contribution is 7.17. The maximum atomic E-state index is 12.9. The van der Waals surface area contributed by atoms with Crippen LogP contribution >= 0.6 is 22.7 Å². The van der Waals surface area contributed by atoms with E-state index in [-0.39, 0.29) is 28.0 Å². The van der Waals surface area contributed by atoms with Crippen molar-refractivity contribution in [3.63, 3.8) is 0 Å². The third-order valence-corrected chi connectivity index (χ3v) is 9.90. The molecule has 0 spiro atoms. The second kappa shape index (κ2) is 6.68. The van der Waals surface area contributed by atoms with Gasteiger partial charge in [0.25, 0.3) is 0 Å². The SMILES string of the molecule is CC1(C)c2ccccc2N2c3sc(/C=C4/C(=O)c5ccsc5C4=O)cc3C(C)(C)c3cccc1c32. The summed E-state index contributed by atoms with van der Waals surface area (Å²) in [7, 11) is 0. The van der Waals surface area contributed by atoms with Gasteiger partial charge in [-0.1, -0.05) is 64.1 Å². The molecule has 0 N–H and O–H groups in total. The first-order valence-corrected chi connectivity index (χ1v) is 13.5. The Hall–Kier alpha value is -3.28. The largest absolute Gasteiger partial charge is 0.301 e. The number of hydrogen-bond donors (Lipinski definition) is 0. The molecule has 7 rings (SSSR count). The van der Waals surface area contributed by atoms with Crippen molar-refractivity contribution in [3.05, 3.63) is 103 Å². The average Bonchev–Trinajstić information content (AvgIpc) is 3.54. The van der Waals surface area contributed by atoms with Crippen LogP contribution in [-0.2, 0) is 10.8 Å². The van der Waals surface area contributed by atoms with E-state index in [9.17, 15) is 9.59 Å². The van der Waals surface area contributed by atoms with Gasteiger partial charge in [-0.15, -0.1) is 22.7 Å². The van der Waals surface area contributed by atoms with Crippen molar-refractivity contribution in [1.29, 1.82) is 0 Å². The molecule has 2 aromatic carbocycles. The monoisotopic (exact) mass is 493 g/mol. The summed E-state index contributed by atoms with van der Waals surface area (Å²) >= 11 is 3.01. The number of rotatable bonds is 1. The number of nitrogens with zero attached hydrogens (tertiary/aromatic N) is 1. The zero-order chi connectivity index (χ0) is 24.3. The van der Waals surface area contributed by atoms with E-state index in [1.54, 1.807) is 17.4 Å². The summed E-state index contributed by atoms with van der Waals surface area (Å²) in [5.41, 5.74) is 8.11. The highest BCUT2D eigenvalue weighted by atomic mass is 32.1. The number of thiophene rings is 2. The molecule has 2 aromatic heterocycles. The van der Waals surface area contributed by atoms with Crippen molar-refractivity contribution in [1.82, 2.24) is 0 Å². The first-order valence-electron chi connectivity index (χ1n) is 11.8. The highest BCUT2D eigenvalue weighted by Crippen LogP contribution is 2.61. The first kappa shape index (κ1) is 21.0. The van der Waals surface area contributed by atoms with Gasteiger partial charge in [0, 0.05) is 21.3 Å². The summed E-state index contributed by atoms with van der Waals surface area (Å²) in [6, 6.07) is 19.3. The molecular weight excluding hydrogens is 470 g/mol. The van der Waals surface area contributed by atoms with Crippen LogP contribution in [0.15, 0.2) is 65.6 Å². The van der Waals surface area contributed by atoms with Gasteiger partial charge in [-0.25, -0.2) is 0 Å². The van der Waals surface area contributed by atoms with Crippen LogP contribution in [0.2, 0.25) is 0 Å². The number of carbonyl (C=O) groups is 2. The Morgan fingerprint density at radius 3 is 2.23 bits per heavy atom. The number of para-hydroxylation sites is 2. The molecular formula is C30H23NO2S2. The quantitative estimate of drug-likeness (QED) is 0.199. The zero-order valence-corrected chi connectivity index (χ0v) is 21.6. The second-order valence-corrected chi connectivity index (χ2v) is 12.5. The maximum absolute atomic E-state index is 12.9. The van der Waals surface area contributed by atoms with Crippen LogP contribution in [0.1, 0.15) is 74.9 Å². The molecule has 172 valence electrons. The minimum Gasteiger partial charge on any atom is -0.301 e. The zero-order valence-electron chi connectivity index (χ0n) is 19.9. The van der Waals surface area contributed by atoms with Crippen molar-refractivity contribution in [2.45, 2.75) is 38.5 Å². The maximum Gasteiger partial charge on any atom is 0.207 e. The smallest absolute Gasteiger partial charge is 0.207 e. The van der Waals surface area contributed by atoms with Crippen LogP contribution in [0.4, 0.5) is 16.4 Å². The van der Waals surface area contributed by atoms with Gasteiger partial charge < -0.3 is 4.90 Å². The van der Waals surface area contributed by atoms with Crippen LogP contribution < -0.4 is 4.90 Å². The lowest BCUT2D eigenvalue weighted by Crippen LogP contribution is -2.37. The van der Waals surface area contributed by atoms with Crippen LogP contribution in [-0.4, -0.2) is 11.6 Å². The fourth-order valence-electron chi connectivity index (χ4n) is 6.00. The van der Waals surface area contributed by atoms with Crippen LogP contribution in [0.5, 0.6) is 0 Å². The molecule has 0 radical (unpaired) electrons. The summed E-state index contributed by atoms with van der Waals surface area (Å²) < 4.78 is 0. The van der Waals surface area contributed by atoms with Gasteiger partial charge in [0.1, 0.15) is 5.00 Å². The van der Waals surface area contributed by atoms with E-state index in [1.807, 2.05) is 11.5 Å². The molecule has 2 aliphatic heterocycles. The summed E-state index contributed by atoms with van der Waals surface area (Å²) in [6.45, 7) is 9.17. The molecule has 0 bridgehead atoms. The third kappa shape index (κ3) is 2.55. The second-order valence-electron chi connectivity index (χ2n) is 10.6. The van der Waals surface area contributed by atoms with Crippen molar-refractivity contribution in [3.8, 4) is 0 Å². The predicted molar refractivity (Wildman–Crippen MR) is 144 cm³/mol. The van der Waals surface area contributed by atoms with Gasteiger partial charge >= 0.3 is 0 Å². The standard InChI is InChI=1S/C30H23NO2S2/c1-29(2)19-8-5-6-11-23(19)31-24-20(29)9-7-10-21(24)30(3,4)22-15-16(35-28(22)31)14-18-25(32)17-12-13-34-27(17)26(18)33/h5-15H,1-4H3/b18-14-. The number of allylic oxidation sites excluding steroid dienone is 1. The molecule has 3 nitrogen and oxygen atoms in total. The van der Waals surface area contributed by atoms with Crippen molar-refractivity contribution >= 4 is 56.7 Å². The first-order chi connectivity index (χ1) is 16.7. The molecule has 1 aliphatic carbocycles. The van der Waals surface area contributed by atoms with Gasteiger partial charge in [0.05, 0.1) is 21.8 Å². The number of Topliss-reactive ketones (excluding diaryl/α,β-unsaturated/α-hetero) is 2. The number of anilines is 3. The van der Waals surface area contributed by atoms with Crippen molar-refractivity contribution in [2.24, 2.45) is 0 Å². The van der Waals surface area contributed by atoms with Crippen LogP contribution in [0.25, 0.3) is 6.08 Å². The molecule has 0 saturated carbocycles. The van der Waals surface area contributed by atoms with Crippen LogP contribution in [0.3, 0.4) is 0 Å². The molecule has 0 saturated heterocycles. The van der Waals surface area contributed by atoms with Crippen LogP contribution in [0, 0.1) is 0 Å². The minimum atomic E-state index is -0.213. The topological polar surface area (TPSA) is 37.4 Å². The van der Waals surface area contributed by atoms with Gasteiger partial charge in [-0.05, 0) is 51.9 Å². The Morgan fingerprint density at radius 2 is 1.49 bits per heavy atom. The molecule has 3 aliphatic rings. The number of benzene rings is 2. The van der Waals surface area contributed by atoms with Crippen molar-refractivity contribution < 1.29 is 9.59 Å². The van der Waals surface area contributed by atoms with Gasteiger partial charge in [0.15, 0.2) is 5.78 Å². The fraction of sp³-hybridized carbons (Fsp3) is 0.200. The van der Waals surface area contributed by atoms with E-state index in [2.05, 4.69) is 81.1 Å². The Balaban J connectivity index is 1.47. The van der Waals surface area contributed by atoms with Gasteiger partial charge in [-0.3, -0.25) is 9.59 Å². The summed E-state index contributed by atoms with van der Waals surface area (Å²) in [5, 5.41) is 2.98. The number of hydrogen-bond acceptors (Lipinski definition) is 5. The lowest BCUT2D eigenvalue weighted by Gasteiger charge is -2.48. The van der Waals surface area contributed by atoms with E-state index in [0.717, 1.165) is 9.88 Å². The molecule has 0 unspecified atom stereocenters. The molecule has 35 heavy (non-hydrogen) atoms. The van der Waals surface area contributed by atoms with Gasteiger partial charge in [0.2, 0.25) is 5.78 Å². The minimum absolute atomic E-state index is 0.117. The van der Waals surface area contributed by atoms with E-state index < -0.39 is 0 Å². The fourth-order valence-corrected chi connectivity index (χ4v) is 8.13. The third-order valence-electron chi connectivity index (χ3n) is 7.92. The molecule has 4 aromatic rings. The van der Waals surface area contributed by atoms with E-state index >= 15 is 0 Å². The molecule has 5 heteroatoms. The van der Waals surface area contributed by atoms with Crippen molar-refractivity contribution in [2.75, 3.05) is 4.90 Å². The van der Waals surface area contributed by atoms with E-state index in [4.69, 9.17) is 0 Å². The van der Waals surface area contributed by atoms with E-state index in [0.29, 0.717) is 10.4 Å². The molecule has 0 atom stereocenters.